The number of hydrogen-bond donors (Lipinski definition) is 1. The summed E-state index contributed by atoms with van der Waals surface area (Å²) in [4.78, 5) is 2.32. The Morgan fingerprint density at radius 2 is 2.05 bits per heavy atom. The predicted octanol–water partition coefficient (Wildman–Crippen LogP) is 3.48. The third kappa shape index (κ3) is 5.31. The molecule has 0 aliphatic rings. The molecule has 114 valence electrons. The van der Waals surface area contributed by atoms with Gasteiger partial charge in [-0.25, -0.2) is 0 Å². The molecule has 0 saturated carbocycles. The van der Waals surface area contributed by atoms with Gasteiger partial charge in [0, 0.05) is 36.4 Å². The normalized spacial score (nSPS) is 12.4. The van der Waals surface area contributed by atoms with E-state index in [0.717, 1.165) is 44.2 Å². The maximum Gasteiger partial charge on any atom is 0.0641 e. The fraction of sp³-hybridized carbons (Fsp3) is 0.625. The summed E-state index contributed by atoms with van der Waals surface area (Å²) in [7, 11) is 0. The number of likely N-dealkylation sites (N-methyl/N-ethyl adjacent to an activating group) is 1. The van der Waals surface area contributed by atoms with Gasteiger partial charge in [0.25, 0.3) is 0 Å². The summed E-state index contributed by atoms with van der Waals surface area (Å²) < 4.78 is 5.46. The van der Waals surface area contributed by atoms with Crippen molar-refractivity contribution in [3.63, 3.8) is 0 Å². The van der Waals surface area contributed by atoms with Crippen LogP contribution < -0.4 is 10.6 Å². The first-order valence-corrected chi connectivity index (χ1v) is 7.86. The fourth-order valence-electron chi connectivity index (χ4n) is 2.22. The highest BCUT2D eigenvalue weighted by atomic mass is 35.5. The Kier molecular flexibility index (Phi) is 7.97. The standard InChI is InChI=1S/C16H27ClN2O/c1-4-15(18)12-13-11-14(17)7-8-16(13)19(5-2)9-10-20-6-3/h7-8,11,15H,4-6,9-10,12,18H2,1-3H3. The van der Waals surface area contributed by atoms with Crippen molar-refractivity contribution in [3.05, 3.63) is 28.8 Å². The highest BCUT2D eigenvalue weighted by Gasteiger charge is 2.12. The van der Waals surface area contributed by atoms with Crippen LogP contribution in [0.2, 0.25) is 5.02 Å². The second-order valence-electron chi connectivity index (χ2n) is 4.92. The molecule has 0 fully saturated rings. The van der Waals surface area contributed by atoms with E-state index in [2.05, 4.69) is 24.8 Å². The van der Waals surface area contributed by atoms with Gasteiger partial charge in [0.1, 0.15) is 0 Å². The Hall–Kier alpha value is -0.770. The number of nitrogens with two attached hydrogens (primary N) is 1. The molecule has 0 aliphatic carbocycles. The van der Waals surface area contributed by atoms with E-state index in [1.54, 1.807) is 0 Å². The maximum atomic E-state index is 6.13. The molecule has 1 aromatic rings. The number of hydrogen-bond acceptors (Lipinski definition) is 3. The van der Waals surface area contributed by atoms with Gasteiger partial charge >= 0.3 is 0 Å². The van der Waals surface area contributed by atoms with Gasteiger partial charge < -0.3 is 15.4 Å². The van der Waals surface area contributed by atoms with Crippen LogP contribution in [-0.2, 0) is 11.2 Å². The smallest absolute Gasteiger partial charge is 0.0641 e. The minimum absolute atomic E-state index is 0.179. The quantitative estimate of drug-likeness (QED) is 0.709. The lowest BCUT2D eigenvalue weighted by molar-refractivity contribution is 0.154. The molecule has 20 heavy (non-hydrogen) atoms. The molecule has 0 aromatic heterocycles. The SMILES string of the molecule is CCOCCN(CC)c1ccc(Cl)cc1CC(N)CC. The van der Waals surface area contributed by atoms with E-state index in [0.29, 0.717) is 0 Å². The molecule has 1 unspecified atom stereocenters. The van der Waals surface area contributed by atoms with Crippen molar-refractivity contribution in [2.24, 2.45) is 5.73 Å². The summed E-state index contributed by atoms with van der Waals surface area (Å²) in [5.41, 5.74) is 8.55. The second-order valence-corrected chi connectivity index (χ2v) is 5.36. The molecule has 0 radical (unpaired) electrons. The molecule has 0 heterocycles. The van der Waals surface area contributed by atoms with Gasteiger partial charge in [-0.1, -0.05) is 18.5 Å². The second kappa shape index (κ2) is 9.22. The molecule has 3 nitrogen and oxygen atoms in total. The number of halogens is 1. The van der Waals surface area contributed by atoms with Gasteiger partial charge in [0.05, 0.1) is 6.61 Å². The van der Waals surface area contributed by atoms with Crippen LogP contribution in [0, 0.1) is 0 Å². The molecule has 1 rings (SSSR count). The highest BCUT2D eigenvalue weighted by molar-refractivity contribution is 6.30. The van der Waals surface area contributed by atoms with Crippen LogP contribution >= 0.6 is 11.6 Å². The number of nitrogens with zero attached hydrogens (tertiary/aromatic N) is 1. The molecule has 0 amide bonds. The largest absolute Gasteiger partial charge is 0.380 e. The van der Waals surface area contributed by atoms with E-state index < -0.39 is 0 Å². The van der Waals surface area contributed by atoms with Gasteiger partial charge in [-0.3, -0.25) is 0 Å². The minimum Gasteiger partial charge on any atom is -0.380 e. The van der Waals surface area contributed by atoms with E-state index in [1.165, 1.54) is 11.3 Å². The first-order valence-electron chi connectivity index (χ1n) is 7.49. The van der Waals surface area contributed by atoms with Gasteiger partial charge in [-0.15, -0.1) is 0 Å². The summed E-state index contributed by atoms with van der Waals surface area (Å²) >= 11 is 6.13. The minimum atomic E-state index is 0.179. The Morgan fingerprint density at radius 3 is 2.65 bits per heavy atom. The van der Waals surface area contributed by atoms with Crippen LogP contribution in [-0.4, -0.2) is 32.3 Å². The van der Waals surface area contributed by atoms with Crippen molar-refractivity contribution in [2.75, 3.05) is 31.2 Å². The summed E-state index contributed by atoms with van der Waals surface area (Å²) in [5.74, 6) is 0. The number of rotatable bonds is 9. The fourth-order valence-corrected chi connectivity index (χ4v) is 2.42. The molecule has 1 atom stereocenters. The highest BCUT2D eigenvalue weighted by Crippen LogP contribution is 2.25. The molecule has 0 saturated heterocycles. The summed E-state index contributed by atoms with van der Waals surface area (Å²) in [6.45, 7) is 9.62. The van der Waals surface area contributed by atoms with Crippen molar-refractivity contribution in [2.45, 2.75) is 39.7 Å². The third-order valence-electron chi connectivity index (χ3n) is 3.48. The molecular weight excluding hydrogens is 272 g/mol. The lowest BCUT2D eigenvalue weighted by Gasteiger charge is -2.26. The first kappa shape index (κ1) is 17.3. The number of anilines is 1. The molecular formula is C16H27ClN2O. The lowest BCUT2D eigenvalue weighted by Crippen LogP contribution is -2.29. The van der Waals surface area contributed by atoms with Crippen LogP contribution in [0.25, 0.3) is 0 Å². The first-order chi connectivity index (χ1) is 9.62. The lowest BCUT2D eigenvalue weighted by atomic mass is 10.0. The average molecular weight is 299 g/mol. The molecule has 0 aliphatic heterocycles. The topological polar surface area (TPSA) is 38.5 Å². The van der Waals surface area contributed by atoms with Gasteiger partial charge in [-0.05, 0) is 50.5 Å². The maximum absolute atomic E-state index is 6.13. The third-order valence-corrected chi connectivity index (χ3v) is 3.72. The Morgan fingerprint density at radius 1 is 1.30 bits per heavy atom. The zero-order chi connectivity index (χ0) is 15.0. The van der Waals surface area contributed by atoms with Crippen molar-refractivity contribution < 1.29 is 4.74 Å². The van der Waals surface area contributed by atoms with Crippen molar-refractivity contribution in [1.82, 2.24) is 0 Å². The van der Waals surface area contributed by atoms with Gasteiger partial charge in [0.15, 0.2) is 0 Å². The zero-order valence-electron chi connectivity index (χ0n) is 12.9. The monoisotopic (exact) mass is 298 g/mol. The van der Waals surface area contributed by atoms with Crippen LogP contribution in [0.1, 0.15) is 32.8 Å². The molecule has 4 heteroatoms. The van der Waals surface area contributed by atoms with E-state index in [9.17, 15) is 0 Å². The van der Waals surface area contributed by atoms with Crippen LogP contribution in [0.5, 0.6) is 0 Å². The average Bonchev–Trinajstić information content (AvgIpc) is 2.44. The summed E-state index contributed by atoms with van der Waals surface area (Å²) in [6.07, 6.45) is 1.83. The van der Waals surface area contributed by atoms with E-state index >= 15 is 0 Å². The predicted molar refractivity (Wildman–Crippen MR) is 87.8 cm³/mol. The van der Waals surface area contributed by atoms with Crippen LogP contribution in [0.15, 0.2) is 18.2 Å². The van der Waals surface area contributed by atoms with E-state index in [4.69, 9.17) is 22.1 Å². The zero-order valence-corrected chi connectivity index (χ0v) is 13.6. The molecule has 0 bridgehead atoms. The Balaban J connectivity index is 2.89. The summed E-state index contributed by atoms with van der Waals surface area (Å²) in [5, 5.41) is 0.771. The van der Waals surface area contributed by atoms with Gasteiger partial charge in [0.2, 0.25) is 0 Å². The molecule has 2 N–H and O–H groups in total. The van der Waals surface area contributed by atoms with Gasteiger partial charge in [-0.2, -0.15) is 0 Å². The van der Waals surface area contributed by atoms with Crippen LogP contribution in [0.4, 0.5) is 5.69 Å². The Bertz CT molecular complexity index is 398. The van der Waals surface area contributed by atoms with Crippen molar-refractivity contribution >= 4 is 17.3 Å². The van der Waals surface area contributed by atoms with E-state index in [-0.39, 0.29) is 6.04 Å². The molecule has 0 spiro atoms. The molecule has 1 aromatic carbocycles. The van der Waals surface area contributed by atoms with Crippen molar-refractivity contribution in [3.8, 4) is 0 Å². The number of ether oxygens (including phenoxy) is 1. The summed E-state index contributed by atoms with van der Waals surface area (Å²) in [6, 6.07) is 6.25. The Labute approximate surface area is 128 Å². The van der Waals surface area contributed by atoms with Crippen LogP contribution in [0.3, 0.4) is 0 Å². The number of benzene rings is 1. The van der Waals surface area contributed by atoms with E-state index in [1.807, 2.05) is 19.1 Å². The van der Waals surface area contributed by atoms with Crippen molar-refractivity contribution in [1.29, 1.82) is 0 Å².